The van der Waals surface area contributed by atoms with Gasteiger partial charge in [-0.15, -0.1) is 0 Å². The lowest BCUT2D eigenvalue weighted by Crippen LogP contribution is -2.41. The Labute approximate surface area is 116 Å². The third-order valence-corrected chi connectivity index (χ3v) is 3.37. The van der Waals surface area contributed by atoms with Gasteiger partial charge >= 0.3 is 6.03 Å². The first-order valence-electron chi connectivity index (χ1n) is 6.25. The van der Waals surface area contributed by atoms with E-state index in [1.807, 2.05) is 31.2 Å². The third kappa shape index (κ3) is 1.95. The molecule has 6 nitrogen and oxygen atoms in total. The Kier molecular flexibility index (Phi) is 2.98. The topological polar surface area (TPSA) is 67.3 Å². The first-order valence-corrected chi connectivity index (χ1v) is 6.25. The van der Waals surface area contributed by atoms with Crippen molar-refractivity contribution in [3.63, 3.8) is 0 Å². The predicted octanol–water partition coefficient (Wildman–Crippen LogP) is 2.60. The van der Waals surface area contributed by atoms with Crippen LogP contribution in [0.3, 0.4) is 0 Å². The fraction of sp³-hybridized carbons (Fsp3) is 0.214. The van der Waals surface area contributed by atoms with E-state index in [9.17, 15) is 4.79 Å². The minimum Gasteiger partial charge on any atom is -0.497 e. The molecule has 1 aliphatic heterocycles. The van der Waals surface area contributed by atoms with Crippen molar-refractivity contribution in [3.8, 4) is 5.75 Å². The zero-order chi connectivity index (χ0) is 14.1. The number of carbonyl (C=O) groups is 1. The zero-order valence-electron chi connectivity index (χ0n) is 11.2. The number of hydrogen-bond acceptors (Lipinski definition) is 4. The highest BCUT2D eigenvalue weighted by Crippen LogP contribution is 2.34. The molecule has 20 heavy (non-hydrogen) atoms. The number of nitrogens with zero attached hydrogens (tertiary/aromatic N) is 3. The second-order valence-corrected chi connectivity index (χ2v) is 4.50. The average Bonchev–Trinajstić information content (AvgIpc) is 2.48. The van der Waals surface area contributed by atoms with Crippen LogP contribution >= 0.6 is 0 Å². The molecule has 0 saturated carbocycles. The first-order chi connectivity index (χ1) is 9.70. The average molecular weight is 270 g/mol. The lowest BCUT2D eigenvalue weighted by atomic mass is 10.1. The molecule has 102 valence electrons. The minimum atomic E-state index is -0.200. The van der Waals surface area contributed by atoms with Crippen molar-refractivity contribution in [1.29, 1.82) is 0 Å². The van der Waals surface area contributed by atoms with E-state index in [2.05, 4.69) is 15.3 Å². The lowest BCUT2D eigenvalue weighted by molar-refractivity contribution is 0.254. The van der Waals surface area contributed by atoms with Gasteiger partial charge < -0.3 is 4.74 Å². The van der Waals surface area contributed by atoms with Gasteiger partial charge in [0.1, 0.15) is 17.9 Å². The number of amides is 2. The van der Waals surface area contributed by atoms with Crippen molar-refractivity contribution in [2.24, 2.45) is 0 Å². The summed E-state index contributed by atoms with van der Waals surface area (Å²) in [4.78, 5) is 22.0. The van der Waals surface area contributed by atoms with Crippen molar-refractivity contribution >= 4 is 17.5 Å². The maximum atomic E-state index is 12.2. The molecule has 0 unspecified atom stereocenters. The van der Waals surface area contributed by atoms with Crippen molar-refractivity contribution in [3.05, 3.63) is 42.4 Å². The standard InChI is InChI=1S/C14H14N4O2/c1-9-12-7-15-8-16-13(12)17-14(19)18(9)10-3-5-11(20-2)6-4-10/h3-9H,1-2H3,(H,15,16,17,19)/t9-/m0/s1. The largest absolute Gasteiger partial charge is 0.497 e. The third-order valence-electron chi connectivity index (χ3n) is 3.37. The van der Waals surface area contributed by atoms with Crippen LogP contribution in [0.1, 0.15) is 18.5 Å². The molecule has 0 bridgehead atoms. The fourth-order valence-electron chi connectivity index (χ4n) is 2.31. The van der Waals surface area contributed by atoms with Crippen LogP contribution in [0, 0.1) is 0 Å². The van der Waals surface area contributed by atoms with Gasteiger partial charge in [0.05, 0.1) is 13.2 Å². The number of carbonyl (C=O) groups excluding carboxylic acids is 1. The maximum absolute atomic E-state index is 12.2. The van der Waals surface area contributed by atoms with E-state index >= 15 is 0 Å². The van der Waals surface area contributed by atoms with Gasteiger partial charge in [-0.3, -0.25) is 10.2 Å². The Bertz CT molecular complexity index is 642. The summed E-state index contributed by atoms with van der Waals surface area (Å²) in [6, 6.07) is 7.02. The SMILES string of the molecule is COc1ccc(N2C(=O)Nc3ncncc3[C@@H]2C)cc1. The zero-order valence-corrected chi connectivity index (χ0v) is 11.2. The van der Waals surface area contributed by atoms with E-state index in [1.54, 1.807) is 18.2 Å². The van der Waals surface area contributed by atoms with Crippen molar-refractivity contribution in [2.75, 3.05) is 17.3 Å². The van der Waals surface area contributed by atoms with Gasteiger partial charge in [0.15, 0.2) is 0 Å². The van der Waals surface area contributed by atoms with Gasteiger partial charge in [-0.05, 0) is 31.2 Å². The van der Waals surface area contributed by atoms with E-state index < -0.39 is 0 Å². The molecule has 0 aliphatic carbocycles. The second-order valence-electron chi connectivity index (χ2n) is 4.50. The van der Waals surface area contributed by atoms with Crippen LogP contribution in [0.15, 0.2) is 36.8 Å². The van der Waals surface area contributed by atoms with Crippen LogP contribution in [0.4, 0.5) is 16.3 Å². The summed E-state index contributed by atoms with van der Waals surface area (Å²) in [5.41, 5.74) is 1.69. The first kappa shape index (κ1) is 12.4. The molecule has 0 saturated heterocycles. The highest BCUT2D eigenvalue weighted by atomic mass is 16.5. The Balaban J connectivity index is 1.99. The molecule has 0 spiro atoms. The molecule has 3 rings (SSSR count). The van der Waals surface area contributed by atoms with Gasteiger partial charge in [-0.25, -0.2) is 14.8 Å². The lowest BCUT2D eigenvalue weighted by Gasteiger charge is -2.34. The summed E-state index contributed by atoms with van der Waals surface area (Å²) in [5, 5.41) is 2.77. The number of urea groups is 1. The number of aromatic nitrogens is 2. The van der Waals surface area contributed by atoms with Gasteiger partial charge in [-0.1, -0.05) is 0 Å². The fourth-order valence-corrected chi connectivity index (χ4v) is 2.31. The van der Waals surface area contributed by atoms with E-state index in [0.717, 1.165) is 17.0 Å². The molecule has 2 heterocycles. The summed E-state index contributed by atoms with van der Waals surface area (Å²) in [6.07, 6.45) is 3.15. The highest BCUT2D eigenvalue weighted by molar-refractivity contribution is 6.04. The van der Waals surface area contributed by atoms with Crippen LogP contribution in [-0.2, 0) is 0 Å². The molecule has 1 aliphatic rings. The maximum Gasteiger partial charge on any atom is 0.328 e. The van der Waals surface area contributed by atoms with E-state index in [4.69, 9.17) is 4.74 Å². The van der Waals surface area contributed by atoms with E-state index in [0.29, 0.717) is 5.82 Å². The minimum absolute atomic E-state index is 0.131. The number of fused-ring (bicyclic) bond motifs is 1. The van der Waals surface area contributed by atoms with E-state index in [-0.39, 0.29) is 12.1 Å². The molecule has 0 radical (unpaired) electrons. The molecule has 2 aromatic rings. The van der Waals surface area contributed by atoms with Crippen LogP contribution < -0.4 is 15.0 Å². The Hall–Kier alpha value is -2.63. The number of benzene rings is 1. The Morgan fingerprint density at radius 3 is 2.75 bits per heavy atom. The van der Waals surface area contributed by atoms with Gasteiger partial charge in [0.25, 0.3) is 0 Å². The van der Waals surface area contributed by atoms with Crippen LogP contribution in [-0.4, -0.2) is 23.1 Å². The molecular formula is C14H14N4O2. The summed E-state index contributed by atoms with van der Waals surface area (Å²) in [6.45, 7) is 1.95. The van der Waals surface area contributed by atoms with Gasteiger partial charge in [0, 0.05) is 17.4 Å². The Morgan fingerprint density at radius 1 is 1.30 bits per heavy atom. The molecule has 1 aromatic heterocycles. The quantitative estimate of drug-likeness (QED) is 0.910. The summed E-state index contributed by atoms with van der Waals surface area (Å²) in [5.74, 6) is 1.32. The monoisotopic (exact) mass is 270 g/mol. The smallest absolute Gasteiger partial charge is 0.328 e. The summed E-state index contributed by atoms with van der Waals surface area (Å²) >= 11 is 0. The number of anilines is 2. The van der Waals surface area contributed by atoms with Crippen LogP contribution in [0.2, 0.25) is 0 Å². The van der Waals surface area contributed by atoms with Crippen LogP contribution in [0.25, 0.3) is 0 Å². The molecular weight excluding hydrogens is 256 g/mol. The Morgan fingerprint density at radius 2 is 2.05 bits per heavy atom. The van der Waals surface area contributed by atoms with Crippen molar-refractivity contribution < 1.29 is 9.53 Å². The van der Waals surface area contributed by atoms with Crippen molar-refractivity contribution in [1.82, 2.24) is 9.97 Å². The number of nitrogens with one attached hydrogen (secondary N) is 1. The molecule has 1 atom stereocenters. The predicted molar refractivity (Wildman–Crippen MR) is 74.9 cm³/mol. The molecule has 1 N–H and O–H groups in total. The van der Waals surface area contributed by atoms with Gasteiger partial charge in [-0.2, -0.15) is 0 Å². The highest BCUT2D eigenvalue weighted by Gasteiger charge is 2.31. The molecule has 1 aromatic carbocycles. The summed E-state index contributed by atoms with van der Waals surface area (Å²) < 4.78 is 5.13. The van der Waals surface area contributed by atoms with E-state index in [1.165, 1.54) is 6.33 Å². The van der Waals surface area contributed by atoms with Crippen molar-refractivity contribution in [2.45, 2.75) is 13.0 Å². The normalized spacial score (nSPS) is 17.4. The number of ether oxygens (including phenoxy) is 1. The number of hydrogen-bond donors (Lipinski definition) is 1. The van der Waals surface area contributed by atoms with Crippen LogP contribution in [0.5, 0.6) is 5.75 Å². The number of rotatable bonds is 2. The molecule has 2 amide bonds. The second kappa shape index (κ2) is 4.80. The number of methoxy groups -OCH3 is 1. The van der Waals surface area contributed by atoms with Gasteiger partial charge in [0.2, 0.25) is 0 Å². The molecule has 0 fully saturated rings. The summed E-state index contributed by atoms with van der Waals surface area (Å²) in [7, 11) is 1.61. The molecule has 6 heteroatoms.